The van der Waals surface area contributed by atoms with Crippen LogP contribution in [-0.4, -0.2) is 57.7 Å². The first-order chi connectivity index (χ1) is 16.9. The lowest BCUT2D eigenvalue weighted by molar-refractivity contribution is -0.139. The Morgan fingerprint density at radius 1 is 1.00 bits per heavy atom. The van der Waals surface area contributed by atoms with Crippen molar-refractivity contribution < 1.29 is 28.5 Å². The van der Waals surface area contributed by atoms with Crippen LogP contribution in [0.5, 0.6) is 23.0 Å². The fourth-order valence-corrected chi connectivity index (χ4v) is 4.76. The highest BCUT2D eigenvalue weighted by Gasteiger charge is 2.41. The minimum absolute atomic E-state index is 0.0171. The van der Waals surface area contributed by atoms with Crippen LogP contribution in [0.3, 0.4) is 0 Å². The summed E-state index contributed by atoms with van der Waals surface area (Å²) in [5, 5.41) is 0. The molecule has 1 saturated heterocycles. The summed E-state index contributed by atoms with van der Waals surface area (Å²) in [6, 6.07) is 11.4. The van der Waals surface area contributed by atoms with Gasteiger partial charge < -0.3 is 28.7 Å². The van der Waals surface area contributed by atoms with Crippen LogP contribution in [0.1, 0.15) is 31.7 Å². The lowest BCUT2D eigenvalue weighted by Gasteiger charge is -2.32. The maximum Gasteiger partial charge on any atom is 0.228 e. The van der Waals surface area contributed by atoms with E-state index in [1.165, 1.54) is 21.3 Å². The van der Waals surface area contributed by atoms with Gasteiger partial charge in [0, 0.05) is 37.7 Å². The zero-order chi connectivity index (χ0) is 25.1. The molecule has 0 spiro atoms. The highest BCUT2D eigenvalue weighted by Crippen LogP contribution is 2.43. The molecule has 0 N–H and O–H groups in total. The number of nitrogens with zero attached hydrogens (tertiary/aromatic N) is 2. The zero-order valence-electron chi connectivity index (χ0n) is 21.1. The zero-order valence-corrected chi connectivity index (χ0v) is 21.1. The summed E-state index contributed by atoms with van der Waals surface area (Å²) in [6.45, 7) is 2.94. The van der Waals surface area contributed by atoms with Gasteiger partial charge in [-0.15, -0.1) is 0 Å². The van der Waals surface area contributed by atoms with Crippen molar-refractivity contribution in [3.05, 3.63) is 42.0 Å². The van der Waals surface area contributed by atoms with E-state index < -0.39 is 5.92 Å². The van der Waals surface area contributed by atoms with Crippen LogP contribution in [-0.2, 0) is 16.1 Å². The van der Waals surface area contributed by atoms with Crippen molar-refractivity contribution >= 4 is 17.5 Å². The molecule has 0 bridgehead atoms. The molecule has 2 unspecified atom stereocenters. The second-order valence-electron chi connectivity index (χ2n) is 9.18. The van der Waals surface area contributed by atoms with Gasteiger partial charge in [0.25, 0.3) is 0 Å². The molecule has 1 aliphatic carbocycles. The average molecular weight is 483 g/mol. The van der Waals surface area contributed by atoms with Crippen molar-refractivity contribution in [1.82, 2.24) is 4.90 Å². The van der Waals surface area contributed by atoms with Gasteiger partial charge in [0.05, 0.1) is 40.0 Å². The van der Waals surface area contributed by atoms with E-state index in [2.05, 4.69) is 6.92 Å². The van der Waals surface area contributed by atoms with E-state index in [1.54, 1.807) is 24.1 Å². The van der Waals surface area contributed by atoms with Gasteiger partial charge in [-0.25, -0.2) is 0 Å². The van der Waals surface area contributed by atoms with Crippen LogP contribution in [0.4, 0.5) is 5.69 Å². The Kier molecular flexibility index (Phi) is 7.38. The standard InChI is InChI=1S/C27H34N2O6/c1-17(19-8-9-19)28(15-18-6-10-22(32-2)11-7-18)27(31)20-12-25(30)29(16-20)21-13-23(33-3)26(35-5)24(14-21)34-4/h6-7,10-11,13-14,17,19-20H,8-9,12,15-16H2,1-5H3. The van der Waals surface area contributed by atoms with E-state index in [1.807, 2.05) is 29.2 Å². The van der Waals surface area contributed by atoms with Crippen LogP contribution in [0.25, 0.3) is 0 Å². The van der Waals surface area contributed by atoms with Crippen LogP contribution < -0.4 is 23.8 Å². The largest absolute Gasteiger partial charge is 0.497 e. The SMILES string of the molecule is COc1ccc(CN(C(=O)C2CC(=O)N(c3cc(OC)c(OC)c(OC)c3)C2)C(C)C2CC2)cc1. The molecule has 1 aliphatic heterocycles. The number of carbonyl (C=O) groups excluding carboxylic acids is 2. The molecule has 0 radical (unpaired) electrons. The molecule has 2 aromatic carbocycles. The minimum Gasteiger partial charge on any atom is -0.497 e. The summed E-state index contributed by atoms with van der Waals surface area (Å²) < 4.78 is 21.6. The number of carbonyl (C=O) groups is 2. The summed E-state index contributed by atoms with van der Waals surface area (Å²) in [5.74, 6) is 2.19. The summed E-state index contributed by atoms with van der Waals surface area (Å²) in [5.41, 5.74) is 1.66. The number of hydrogen-bond acceptors (Lipinski definition) is 6. The number of ether oxygens (including phenoxy) is 4. The number of hydrogen-bond donors (Lipinski definition) is 0. The third-order valence-corrected chi connectivity index (χ3v) is 7.03. The molecule has 2 amide bonds. The molecule has 2 aliphatic rings. The monoisotopic (exact) mass is 482 g/mol. The Hall–Kier alpha value is -3.42. The summed E-state index contributed by atoms with van der Waals surface area (Å²) in [6.07, 6.45) is 2.44. The van der Waals surface area contributed by atoms with Gasteiger partial charge in [-0.3, -0.25) is 9.59 Å². The molecule has 188 valence electrons. The summed E-state index contributed by atoms with van der Waals surface area (Å²) in [7, 11) is 6.25. The topological polar surface area (TPSA) is 77.5 Å². The van der Waals surface area contributed by atoms with Gasteiger partial charge in [-0.05, 0) is 43.4 Å². The highest BCUT2D eigenvalue weighted by atomic mass is 16.5. The maximum absolute atomic E-state index is 13.8. The Morgan fingerprint density at radius 2 is 1.63 bits per heavy atom. The summed E-state index contributed by atoms with van der Waals surface area (Å²) in [4.78, 5) is 30.4. The molecular weight excluding hydrogens is 448 g/mol. The minimum atomic E-state index is -0.416. The number of amides is 2. The Labute approximate surface area is 206 Å². The van der Waals surface area contributed by atoms with Crippen LogP contribution in [0.15, 0.2) is 36.4 Å². The van der Waals surface area contributed by atoms with E-state index in [9.17, 15) is 9.59 Å². The van der Waals surface area contributed by atoms with E-state index in [4.69, 9.17) is 18.9 Å². The molecule has 1 heterocycles. The van der Waals surface area contributed by atoms with Gasteiger partial charge >= 0.3 is 0 Å². The number of methoxy groups -OCH3 is 4. The second kappa shape index (κ2) is 10.5. The Balaban J connectivity index is 1.55. The van der Waals surface area contributed by atoms with Crippen molar-refractivity contribution in [3.63, 3.8) is 0 Å². The fourth-order valence-electron chi connectivity index (χ4n) is 4.76. The average Bonchev–Trinajstić information content (AvgIpc) is 3.67. The van der Waals surface area contributed by atoms with Crippen molar-refractivity contribution in [2.75, 3.05) is 39.9 Å². The molecule has 2 atom stereocenters. The van der Waals surface area contributed by atoms with Crippen molar-refractivity contribution in [1.29, 1.82) is 0 Å². The quantitative estimate of drug-likeness (QED) is 0.511. The van der Waals surface area contributed by atoms with Gasteiger partial charge in [0.2, 0.25) is 17.6 Å². The number of benzene rings is 2. The van der Waals surface area contributed by atoms with Crippen molar-refractivity contribution in [2.45, 2.75) is 38.8 Å². The molecule has 2 aromatic rings. The molecule has 4 rings (SSSR count). The van der Waals surface area contributed by atoms with E-state index in [0.29, 0.717) is 41.9 Å². The first kappa shape index (κ1) is 24.7. The van der Waals surface area contributed by atoms with E-state index in [0.717, 1.165) is 24.2 Å². The molecule has 0 aromatic heterocycles. The van der Waals surface area contributed by atoms with Crippen LogP contribution >= 0.6 is 0 Å². The number of anilines is 1. The molecule has 8 heteroatoms. The molecule has 2 fully saturated rings. The fraction of sp³-hybridized carbons (Fsp3) is 0.481. The van der Waals surface area contributed by atoms with Gasteiger partial charge in [0.15, 0.2) is 11.5 Å². The van der Waals surface area contributed by atoms with E-state index in [-0.39, 0.29) is 24.3 Å². The Bertz CT molecular complexity index is 1040. The first-order valence-electron chi connectivity index (χ1n) is 11.9. The van der Waals surface area contributed by atoms with Crippen molar-refractivity contribution in [3.8, 4) is 23.0 Å². The van der Waals surface area contributed by atoms with Crippen LogP contribution in [0, 0.1) is 11.8 Å². The lowest BCUT2D eigenvalue weighted by atomic mass is 10.0. The highest BCUT2D eigenvalue weighted by molar-refractivity contribution is 6.00. The first-order valence-corrected chi connectivity index (χ1v) is 11.9. The second-order valence-corrected chi connectivity index (χ2v) is 9.18. The van der Waals surface area contributed by atoms with Gasteiger partial charge in [-0.2, -0.15) is 0 Å². The van der Waals surface area contributed by atoms with E-state index >= 15 is 0 Å². The molecule has 1 saturated carbocycles. The third-order valence-electron chi connectivity index (χ3n) is 7.03. The molecule has 8 nitrogen and oxygen atoms in total. The smallest absolute Gasteiger partial charge is 0.228 e. The number of rotatable bonds is 10. The van der Waals surface area contributed by atoms with Crippen molar-refractivity contribution in [2.24, 2.45) is 11.8 Å². The predicted octanol–water partition coefficient (Wildman–Crippen LogP) is 3.90. The Morgan fingerprint density at radius 3 is 2.14 bits per heavy atom. The molecule has 35 heavy (non-hydrogen) atoms. The normalized spacial score (nSPS) is 18.3. The summed E-state index contributed by atoms with van der Waals surface area (Å²) >= 11 is 0. The molecular formula is C27H34N2O6. The predicted molar refractivity (Wildman–Crippen MR) is 132 cm³/mol. The van der Waals surface area contributed by atoms with Gasteiger partial charge in [-0.1, -0.05) is 12.1 Å². The lowest BCUT2D eigenvalue weighted by Crippen LogP contribution is -2.43. The maximum atomic E-state index is 13.8. The van der Waals surface area contributed by atoms with Crippen LogP contribution in [0.2, 0.25) is 0 Å². The third kappa shape index (κ3) is 5.16. The van der Waals surface area contributed by atoms with Gasteiger partial charge in [0.1, 0.15) is 5.75 Å².